The normalized spacial score (nSPS) is 10.4. The summed E-state index contributed by atoms with van der Waals surface area (Å²) < 4.78 is 5.37. The molecule has 0 unspecified atom stereocenters. The zero-order valence-electron chi connectivity index (χ0n) is 9.40. The highest BCUT2D eigenvalue weighted by molar-refractivity contribution is 6.55. The lowest BCUT2D eigenvalue weighted by Gasteiger charge is -2.13. The second kappa shape index (κ2) is 7.62. The first-order chi connectivity index (χ1) is 8.90. The van der Waals surface area contributed by atoms with Gasteiger partial charge in [-0.25, -0.2) is 5.84 Å². The Morgan fingerprint density at radius 3 is 1.95 bits per heavy atom. The fourth-order valence-electron chi connectivity index (χ4n) is 1.19. The van der Waals surface area contributed by atoms with E-state index >= 15 is 0 Å². The predicted octanol–water partition coefficient (Wildman–Crippen LogP) is 4.10. The van der Waals surface area contributed by atoms with E-state index in [4.69, 9.17) is 68.6 Å². The summed E-state index contributed by atoms with van der Waals surface area (Å²) in [6, 6.07) is 0. The molecule has 0 aliphatic carbocycles. The molecule has 1 aromatic carbocycles. The topological polar surface area (TPSA) is 64.3 Å². The number of carbonyl (C=O) groups excluding carboxylic acids is 1. The van der Waals surface area contributed by atoms with Gasteiger partial charge in [0.05, 0.1) is 21.7 Å². The van der Waals surface area contributed by atoms with Crippen LogP contribution in [0.4, 0.5) is 0 Å². The van der Waals surface area contributed by atoms with Gasteiger partial charge in [0.25, 0.3) is 0 Å². The van der Waals surface area contributed by atoms with Crippen molar-refractivity contribution in [2.24, 2.45) is 5.84 Å². The molecule has 1 aromatic rings. The number of nitrogens with two attached hydrogens (primary N) is 1. The second-order valence-corrected chi connectivity index (χ2v) is 5.31. The highest BCUT2D eigenvalue weighted by Crippen LogP contribution is 2.48. The lowest BCUT2D eigenvalue weighted by Crippen LogP contribution is -2.29. The molecule has 0 saturated carbocycles. The Kier molecular flexibility index (Phi) is 6.80. The van der Waals surface area contributed by atoms with E-state index in [9.17, 15) is 4.79 Å². The van der Waals surface area contributed by atoms with Crippen molar-refractivity contribution in [3.05, 3.63) is 25.1 Å². The Morgan fingerprint density at radius 1 is 1.00 bits per heavy atom. The van der Waals surface area contributed by atoms with Gasteiger partial charge in [0.2, 0.25) is 5.91 Å². The van der Waals surface area contributed by atoms with E-state index in [0.717, 1.165) is 0 Å². The van der Waals surface area contributed by atoms with Crippen LogP contribution in [0.25, 0.3) is 0 Å². The van der Waals surface area contributed by atoms with Crippen LogP contribution in [0.3, 0.4) is 0 Å². The lowest BCUT2D eigenvalue weighted by molar-refractivity contribution is -0.121. The molecule has 0 heterocycles. The molecule has 0 fully saturated rings. The fraction of sp³-hybridized carbons (Fsp3) is 0.300. The largest absolute Gasteiger partial charge is 0.490 e. The van der Waals surface area contributed by atoms with Gasteiger partial charge in [-0.05, 0) is 6.42 Å². The van der Waals surface area contributed by atoms with Gasteiger partial charge in [-0.1, -0.05) is 58.0 Å². The molecule has 0 aromatic heterocycles. The minimum Gasteiger partial charge on any atom is -0.490 e. The van der Waals surface area contributed by atoms with E-state index in [0.29, 0.717) is 6.42 Å². The quantitative estimate of drug-likeness (QED) is 0.206. The van der Waals surface area contributed by atoms with Crippen LogP contribution in [-0.4, -0.2) is 12.5 Å². The predicted molar refractivity (Wildman–Crippen MR) is 78.6 cm³/mol. The summed E-state index contributed by atoms with van der Waals surface area (Å²) in [5.74, 6) is 4.77. The number of halogens is 5. The Hall–Kier alpha value is -0.100. The van der Waals surface area contributed by atoms with Crippen LogP contribution in [0.2, 0.25) is 25.1 Å². The lowest BCUT2D eigenvalue weighted by atomic mass is 10.3. The van der Waals surface area contributed by atoms with Gasteiger partial charge in [-0.15, -0.1) is 0 Å². The molecular formula is C10H9Cl5N2O2. The molecule has 1 amide bonds. The molecule has 3 N–H and O–H groups in total. The van der Waals surface area contributed by atoms with Gasteiger partial charge in [0.1, 0.15) is 10.0 Å². The second-order valence-electron chi connectivity index (χ2n) is 3.42. The molecule has 1 rings (SSSR count). The molecule has 0 aliphatic rings. The van der Waals surface area contributed by atoms with Crippen molar-refractivity contribution in [3.63, 3.8) is 0 Å². The molecule has 9 heteroatoms. The summed E-state index contributed by atoms with van der Waals surface area (Å²) in [5.41, 5.74) is 2.01. The molecule has 0 bridgehead atoms. The summed E-state index contributed by atoms with van der Waals surface area (Å²) >= 11 is 29.5. The highest BCUT2D eigenvalue weighted by Gasteiger charge is 2.20. The fourth-order valence-corrected chi connectivity index (χ4v) is 2.42. The Balaban J connectivity index is 2.77. The maximum absolute atomic E-state index is 10.9. The average molecular weight is 366 g/mol. The summed E-state index contributed by atoms with van der Waals surface area (Å²) in [4.78, 5) is 10.9. The van der Waals surface area contributed by atoms with Gasteiger partial charge >= 0.3 is 0 Å². The van der Waals surface area contributed by atoms with E-state index in [1.807, 2.05) is 5.43 Å². The Bertz CT molecular complexity index is 466. The van der Waals surface area contributed by atoms with Crippen LogP contribution in [0.15, 0.2) is 0 Å². The summed E-state index contributed by atoms with van der Waals surface area (Å²) in [5, 5.41) is 0.335. The van der Waals surface area contributed by atoms with Crippen LogP contribution in [0.5, 0.6) is 5.75 Å². The maximum Gasteiger partial charge on any atom is 0.234 e. The number of ether oxygens (including phenoxy) is 1. The number of hydrazine groups is 1. The number of benzene rings is 1. The van der Waals surface area contributed by atoms with Gasteiger partial charge in [0.15, 0.2) is 5.75 Å². The van der Waals surface area contributed by atoms with Crippen molar-refractivity contribution in [3.8, 4) is 5.75 Å². The number of rotatable bonds is 5. The maximum atomic E-state index is 10.9. The molecule has 0 radical (unpaired) electrons. The monoisotopic (exact) mass is 364 g/mol. The third-order valence-corrected chi connectivity index (χ3v) is 4.37. The van der Waals surface area contributed by atoms with Gasteiger partial charge in [-0.2, -0.15) is 0 Å². The van der Waals surface area contributed by atoms with Gasteiger partial charge in [0, 0.05) is 6.42 Å². The highest BCUT2D eigenvalue weighted by atomic mass is 35.5. The average Bonchev–Trinajstić information content (AvgIpc) is 2.41. The van der Waals surface area contributed by atoms with Gasteiger partial charge < -0.3 is 4.74 Å². The van der Waals surface area contributed by atoms with Crippen molar-refractivity contribution in [1.29, 1.82) is 0 Å². The third kappa shape index (κ3) is 4.18. The molecule has 0 aliphatic heterocycles. The van der Waals surface area contributed by atoms with E-state index < -0.39 is 0 Å². The zero-order chi connectivity index (χ0) is 14.6. The molecule has 0 saturated heterocycles. The zero-order valence-corrected chi connectivity index (χ0v) is 13.2. The first-order valence-electron chi connectivity index (χ1n) is 5.03. The van der Waals surface area contributed by atoms with Crippen LogP contribution in [0.1, 0.15) is 12.8 Å². The van der Waals surface area contributed by atoms with Crippen molar-refractivity contribution in [1.82, 2.24) is 5.43 Å². The molecule has 19 heavy (non-hydrogen) atoms. The van der Waals surface area contributed by atoms with Crippen LogP contribution in [0, 0.1) is 0 Å². The number of hydrogen-bond donors (Lipinski definition) is 2. The number of nitrogens with one attached hydrogen (secondary N) is 1. The number of carbonyl (C=O) groups is 1. The number of amides is 1. The summed E-state index contributed by atoms with van der Waals surface area (Å²) in [6.45, 7) is 0.196. The minimum absolute atomic E-state index is 0.0624. The number of hydrogen-bond acceptors (Lipinski definition) is 3. The van der Waals surface area contributed by atoms with Crippen molar-refractivity contribution in [2.45, 2.75) is 12.8 Å². The smallest absolute Gasteiger partial charge is 0.234 e. The van der Waals surface area contributed by atoms with E-state index in [1.54, 1.807) is 0 Å². The SMILES string of the molecule is NNC(=O)CCCOc1c(Cl)c(Cl)c(Cl)c(Cl)c1Cl. The first-order valence-corrected chi connectivity index (χ1v) is 6.92. The first kappa shape index (κ1) is 17.0. The van der Waals surface area contributed by atoms with Gasteiger partial charge in [-0.3, -0.25) is 10.2 Å². The molecule has 0 atom stereocenters. The molecular weight excluding hydrogens is 357 g/mol. The summed E-state index contributed by atoms with van der Waals surface area (Å²) in [6.07, 6.45) is 0.633. The van der Waals surface area contributed by atoms with Crippen LogP contribution >= 0.6 is 58.0 Å². The molecule has 0 spiro atoms. The van der Waals surface area contributed by atoms with Crippen molar-refractivity contribution in [2.75, 3.05) is 6.61 Å². The van der Waals surface area contributed by atoms with Crippen molar-refractivity contribution >= 4 is 63.9 Å². The van der Waals surface area contributed by atoms with Crippen molar-refractivity contribution < 1.29 is 9.53 Å². The Morgan fingerprint density at radius 2 is 1.47 bits per heavy atom. The molecule has 4 nitrogen and oxygen atoms in total. The van der Waals surface area contributed by atoms with E-state index in [-0.39, 0.29) is 49.8 Å². The molecule has 106 valence electrons. The van der Waals surface area contributed by atoms with Crippen LogP contribution < -0.4 is 16.0 Å². The standard InChI is InChI=1S/C10H9Cl5N2O2/c11-5-6(12)8(14)10(9(15)7(5)13)19-3-1-2-4(18)17-16/h1-3,16H2,(H,17,18). The minimum atomic E-state index is -0.298. The van der Waals surface area contributed by atoms with E-state index in [2.05, 4.69) is 0 Å². The third-order valence-electron chi connectivity index (χ3n) is 2.13. The summed E-state index contributed by atoms with van der Waals surface area (Å²) in [7, 11) is 0. The van der Waals surface area contributed by atoms with E-state index in [1.165, 1.54) is 0 Å². The Labute approximate surface area is 135 Å². The van der Waals surface area contributed by atoms with Crippen LogP contribution in [-0.2, 0) is 4.79 Å².